The molecule has 2 saturated carbocycles. The van der Waals surface area contributed by atoms with Crippen molar-refractivity contribution in [1.29, 1.82) is 0 Å². The number of piperidine rings is 1. The molecule has 1 spiro atoms. The molecule has 0 amide bonds. The molecule has 2 heterocycles. The minimum absolute atomic E-state index is 0.0699. The van der Waals surface area contributed by atoms with Crippen molar-refractivity contribution in [2.75, 3.05) is 20.2 Å². The zero-order valence-corrected chi connectivity index (χ0v) is 21.9. The fourth-order valence-electron chi connectivity index (χ4n) is 8.63. The van der Waals surface area contributed by atoms with Crippen LogP contribution in [0.25, 0.3) is 0 Å². The van der Waals surface area contributed by atoms with Crippen molar-refractivity contribution in [1.82, 2.24) is 4.90 Å². The topological polar surface area (TPSA) is 62.2 Å². The second-order valence-electron chi connectivity index (χ2n) is 13.3. The van der Waals surface area contributed by atoms with Crippen molar-refractivity contribution in [2.24, 2.45) is 23.2 Å². The first-order chi connectivity index (χ1) is 16.0. The maximum atomic E-state index is 12.2. The molecule has 5 heteroatoms. The van der Waals surface area contributed by atoms with Crippen LogP contribution in [0.15, 0.2) is 12.1 Å². The van der Waals surface area contributed by atoms with E-state index in [1.807, 2.05) is 20.1 Å². The Hall–Kier alpha value is -1.30. The van der Waals surface area contributed by atoms with Crippen LogP contribution in [0.2, 0.25) is 0 Å². The van der Waals surface area contributed by atoms with Crippen LogP contribution in [0.5, 0.6) is 11.5 Å². The van der Waals surface area contributed by atoms with Crippen molar-refractivity contribution in [3.8, 4) is 11.5 Å². The maximum absolute atomic E-state index is 12.2. The average Bonchev–Trinajstić information content (AvgIpc) is 3.53. The van der Waals surface area contributed by atoms with Crippen LogP contribution >= 0.6 is 0 Å². The number of aromatic hydroxyl groups is 1. The third-order valence-corrected chi connectivity index (χ3v) is 11.1. The molecule has 1 saturated heterocycles. The van der Waals surface area contributed by atoms with Gasteiger partial charge in [-0.25, -0.2) is 0 Å². The van der Waals surface area contributed by atoms with Crippen LogP contribution in [0.1, 0.15) is 77.8 Å². The maximum Gasteiger partial charge on any atom is 0.165 e. The van der Waals surface area contributed by atoms with E-state index >= 15 is 0 Å². The third kappa shape index (κ3) is 2.72. The number of hydrogen-bond donors (Lipinski definition) is 2. The molecular weight excluding hydrogens is 426 g/mol. The number of aliphatic hydroxyl groups is 1. The summed E-state index contributed by atoms with van der Waals surface area (Å²) in [5, 5.41) is 23.1. The van der Waals surface area contributed by atoms with Crippen LogP contribution in [-0.4, -0.2) is 58.7 Å². The molecule has 188 valence electrons. The van der Waals surface area contributed by atoms with Gasteiger partial charge in [0.05, 0.1) is 5.60 Å². The number of hydrogen-bond acceptors (Lipinski definition) is 5. The Morgan fingerprint density at radius 2 is 1.94 bits per heavy atom. The third-order valence-electron chi connectivity index (χ3n) is 11.1. The van der Waals surface area contributed by atoms with Gasteiger partial charge in [0, 0.05) is 36.6 Å². The molecule has 2 N–H and O–H groups in total. The molecule has 7 atom stereocenters. The zero-order valence-electron chi connectivity index (χ0n) is 21.9. The van der Waals surface area contributed by atoms with Gasteiger partial charge in [-0.1, -0.05) is 33.8 Å². The predicted molar refractivity (Wildman–Crippen MR) is 132 cm³/mol. The Kier molecular flexibility index (Phi) is 4.85. The highest BCUT2D eigenvalue weighted by molar-refractivity contribution is 5.61. The molecule has 2 aliphatic heterocycles. The molecule has 3 unspecified atom stereocenters. The second kappa shape index (κ2) is 7.14. The van der Waals surface area contributed by atoms with Gasteiger partial charge in [-0.3, -0.25) is 4.90 Å². The van der Waals surface area contributed by atoms with Gasteiger partial charge in [0.15, 0.2) is 11.5 Å². The molecule has 3 fully saturated rings. The SMILES string of the molecule is CCC1(OC)C([C@](C)(O)C(C)(C)C)CC2[C@H]3Cc4ccc(O)c5c4[C@@]2(CCN3CC2CC2)[C@H]1O5. The fraction of sp³-hybridized carbons (Fsp3) is 0.793. The standard InChI is InChI=1S/C29H43NO4/c1-7-29(33-6)22(27(5,32)26(2,3)4)15-19-20-14-18-10-11-21(31)24-23(18)28(19,25(29)34-24)12-13-30(20)16-17-8-9-17/h10-11,17,19-20,22,25,31-32H,7-9,12-16H2,1-6H3/t19?,20-,22?,25-,27+,28+,29?/m1/s1. The van der Waals surface area contributed by atoms with E-state index < -0.39 is 11.2 Å². The zero-order chi connectivity index (χ0) is 24.3. The van der Waals surface area contributed by atoms with Gasteiger partial charge in [0.2, 0.25) is 0 Å². The summed E-state index contributed by atoms with van der Waals surface area (Å²) in [7, 11) is 1.81. The molecule has 6 rings (SSSR count). The molecule has 1 aromatic carbocycles. The van der Waals surface area contributed by atoms with E-state index in [2.05, 4.69) is 38.7 Å². The van der Waals surface area contributed by atoms with E-state index in [-0.39, 0.29) is 28.6 Å². The predicted octanol–water partition coefficient (Wildman–Crippen LogP) is 4.66. The molecule has 34 heavy (non-hydrogen) atoms. The Balaban J connectivity index is 1.56. The van der Waals surface area contributed by atoms with E-state index in [4.69, 9.17) is 9.47 Å². The average molecular weight is 470 g/mol. The fourth-order valence-corrected chi connectivity index (χ4v) is 8.63. The van der Waals surface area contributed by atoms with Crippen LogP contribution in [0.4, 0.5) is 0 Å². The second-order valence-corrected chi connectivity index (χ2v) is 13.3. The summed E-state index contributed by atoms with van der Waals surface area (Å²) in [5.41, 5.74) is 0.570. The van der Waals surface area contributed by atoms with Gasteiger partial charge in [-0.05, 0) is 80.9 Å². The van der Waals surface area contributed by atoms with Crippen molar-refractivity contribution in [2.45, 2.75) is 102 Å². The summed E-state index contributed by atoms with van der Waals surface area (Å²) < 4.78 is 13.4. The van der Waals surface area contributed by atoms with Crippen molar-refractivity contribution >= 4 is 0 Å². The lowest BCUT2D eigenvalue weighted by Crippen LogP contribution is -2.76. The number of nitrogens with zero attached hydrogens (tertiary/aromatic N) is 1. The van der Waals surface area contributed by atoms with Gasteiger partial charge in [-0.2, -0.15) is 0 Å². The molecule has 1 aromatic rings. The molecule has 3 aliphatic carbocycles. The highest BCUT2D eigenvalue weighted by atomic mass is 16.6. The number of phenols is 1. The number of ether oxygens (including phenoxy) is 2. The van der Waals surface area contributed by atoms with E-state index in [1.54, 1.807) is 0 Å². The van der Waals surface area contributed by atoms with Gasteiger partial charge >= 0.3 is 0 Å². The first-order valence-electron chi connectivity index (χ1n) is 13.5. The monoisotopic (exact) mass is 469 g/mol. The molecular formula is C29H43NO4. The highest BCUT2D eigenvalue weighted by Crippen LogP contribution is 2.69. The number of methoxy groups -OCH3 is 1. The summed E-state index contributed by atoms with van der Waals surface area (Å²) >= 11 is 0. The van der Waals surface area contributed by atoms with Crippen LogP contribution in [-0.2, 0) is 16.6 Å². The summed E-state index contributed by atoms with van der Waals surface area (Å²) in [6.07, 6.45) is 6.25. The quantitative estimate of drug-likeness (QED) is 0.657. The van der Waals surface area contributed by atoms with Crippen LogP contribution in [0.3, 0.4) is 0 Å². The number of likely N-dealkylation sites (tertiary alicyclic amines) is 1. The Bertz CT molecular complexity index is 989. The van der Waals surface area contributed by atoms with Gasteiger partial charge in [-0.15, -0.1) is 0 Å². The lowest BCUT2D eigenvalue weighted by Gasteiger charge is -2.66. The largest absolute Gasteiger partial charge is 0.504 e. The number of benzene rings is 1. The highest BCUT2D eigenvalue weighted by Gasteiger charge is 2.74. The van der Waals surface area contributed by atoms with Gasteiger partial charge < -0.3 is 19.7 Å². The van der Waals surface area contributed by atoms with Crippen molar-refractivity contribution in [3.05, 3.63) is 23.3 Å². The summed E-state index contributed by atoms with van der Waals surface area (Å²) in [4.78, 5) is 2.77. The van der Waals surface area contributed by atoms with Crippen molar-refractivity contribution < 1.29 is 19.7 Å². The first-order valence-corrected chi connectivity index (χ1v) is 13.5. The molecule has 5 nitrogen and oxygen atoms in total. The number of phenolic OH excluding ortho intramolecular Hbond substituents is 1. The van der Waals surface area contributed by atoms with E-state index in [1.165, 1.54) is 30.5 Å². The molecule has 5 aliphatic rings. The summed E-state index contributed by atoms with van der Waals surface area (Å²) in [6, 6.07) is 4.42. The van der Waals surface area contributed by atoms with E-state index in [0.29, 0.717) is 17.7 Å². The lowest BCUT2D eigenvalue weighted by molar-refractivity contribution is -0.257. The van der Waals surface area contributed by atoms with Crippen molar-refractivity contribution in [3.63, 3.8) is 0 Å². The molecule has 2 bridgehead atoms. The summed E-state index contributed by atoms with van der Waals surface area (Å²) in [5.74, 6) is 2.11. The van der Waals surface area contributed by atoms with Gasteiger partial charge in [0.25, 0.3) is 0 Å². The van der Waals surface area contributed by atoms with Crippen LogP contribution in [0, 0.1) is 23.2 Å². The normalized spacial score (nSPS) is 40.4. The smallest absolute Gasteiger partial charge is 0.165 e. The lowest BCUT2D eigenvalue weighted by atomic mass is 9.44. The molecule has 0 aromatic heterocycles. The minimum Gasteiger partial charge on any atom is -0.504 e. The van der Waals surface area contributed by atoms with Gasteiger partial charge in [0.1, 0.15) is 11.7 Å². The Morgan fingerprint density at radius 3 is 2.56 bits per heavy atom. The first kappa shape index (κ1) is 23.1. The Morgan fingerprint density at radius 1 is 1.21 bits per heavy atom. The molecule has 0 radical (unpaired) electrons. The minimum atomic E-state index is -0.934. The van der Waals surface area contributed by atoms with E-state index in [9.17, 15) is 10.2 Å². The number of rotatable bonds is 5. The van der Waals surface area contributed by atoms with Crippen LogP contribution < -0.4 is 4.74 Å². The summed E-state index contributed by atoms with van der Waals surface area (Å²) in [6.45, 7) is 12.9. The van der Waals surface area contributed by atoms with E-state index in [0.717, 1.165) is 38.1 Å². The Labute approximate surface area is 204 Å².